The second kappa shape index (κ2) is 11.4. The Bertz CT molecular complexity index is 871. The fourth-order valence-corrected chi connectivity index (χ4v) is 8.65. The van der Waals surface area contributed by atoms with Crippen LogP contribution in [0.15, 0.2) is 35.5 Å². The molecule has 212 valence electrons. The number of aliphatic hydroxyl groups excluding tert-OH is 1. The Labute approximate surface area is 230 Å². The Hall–Kier alpha value is -0.683. The van der Waals surface area contributed by atoms with Crippen molar-refractivity contribution in [3.05, 3.63) is 35.5 Å². The van der Waals surface area contributed by atoms with Crippen LogP contribution in [0.5, 0.6) is 0 Å². The summed E-state index contributed by atoms with van der Waals surface area (Å²) in [5.41, 5.74) is 3.67. The van der Waals surface area contributed by atoms with Crippen molar-refractivity contribution in [3.8, 4) is 0 Å². The van der Waals surface area contributed by atoms with Gasteiger partial charge in [-0.3, -0.25) is 0 Å². The molecule has 0 aromatic rings. The molecule has 2 N–H and O–H groups in total. The van der Waals surface area contributed by atoms with Gasteiger partial charge in [-0.2, -0.15) is 0 Å². The maximum Gasteiger partial charge on any atom is 0.192 e. The minimum Gasteiger partial charge on any atom is -0.414 e. The van der Waals surface area contributed by atoms with Gasteiger partial charge < -0.3 is 14.6 Å². The quantitative estimate of drug-likeness (QED) is 0.308. The highest BCUT2D eigenvalue weighted by Gasteiger charge is 2.50. The third-order valence-electron chi connectivity index (χ3n) is 10.9. The first-order chi connectivity index (χ1) is 17.0. The molecule has 37 heavy (non-hydrogen) atoms. The number of hydrogen-bond donors (Lipinski definition) is 2. The average Bonchev–Trinajstić information content (AvgIpc) is 3.13. The van der Waals surface area contributed by atoms with E-state index in [1.165, 1.54) is 43.3 Å². The second-order valence-electron chi connectivity index (χ2n) is 15.1. The van der Waals surface area contributed by atoms with Crippen molar-refractivity contribution >= 4 is 8.32 Å². The minimum atomic E-state index is -1.77. The molecule has 0 bridgehead atoms. The second-order valence-corrected chi connectivity index (χ2v) is 19.9. The number of aliphatic hydroxyl groups is 2. The molecule has 3 nitrogen and oxygen atoms in total. The van der Waals surface area contributed by atoms with Crippen molar-refractivity contribution in [3.63, 3.8) is 0 Å². The van der Waals surface area contributed by atoms with Crippen LogP contribution in [0.2, 0.25) is 18.1 Å². The number of rotatable bonds is 8. The van der Waals surface area contributed by atoms with Gasteiger partial charge in [0, 0.05) is 6.10 Å². The van der Waals surface area contributed by atoms with Crippen LogP contribution in [0.1, 0.15) is 113 Å². The van der Waals surface area contributed by atoms with Gasteiger partial charge >= 0.3 is 0 Å². The predicted molar refractivity (Wildman–Crippen MR) is 160 cm³/mol. The van der Waals surface area contributed by atoms with Gasteiger partial charge in [0.2, 0.25) is 0 Å². The van der Waals surface area contributed by atoms with E-state index in [1.54, 1.807) is 19.4 Å². The summed E-state index contributed by atoms with van der Waals surface area (Å²) in [5.74, 6) is 1.92. The van der Waals surface area contributed by atoms with E-state index >= 15 is 0 Å². The van der Waals surface area contributed by atoms with Crippen LogP contribution in [0.25, 0.3) is 0 Å². The van der Waals surface area contributed by atoms with Crippen LogP contribution in [0, 0.1) is 23.2 Å². The molecule has 0 aromatic heterocycles. The van der Waals surface area contributed by atoms with Crippen LogP contribution in [-0.4, -0.2) is 36.3 Å². The first-order valence-corrected chi connectivity index (χ1v) is 18.0. The topological polar surface area (TPSA) is 49.7 Å². The van der Waals surface area contributed by atoms with Gasteiger partial charge in [0.25, 0.3) is 0 Å². The van der Waals surface area contributed by atoms with Gasteiger partial charge in [0.05, 0.1) is 11.7 Å². The maximum absolute atomic E-state index is 10.4. The zero-order valence-electron chi connectivity index (χ0n) is 25.6. The maximum atomic E-state index is 10.4. The standard InChI is InChI=1S/C33H58O3Si/c1-23-13-17-27(36-37(9,10)31(3,4)5)22-26(23)16-15-25-12-11-21-33(8)28(18-19-29(25)33)24(2)14-20-30(34)32(6,7)35/h15-16,24,27-30,34-35H,1,11-14,17-22H2,2-10H3/b25-15+,26-16-/t24-,27+,28-,29+,30-,33-/m1/s1. The number of fused-ring (bicyclic) bond motifs is 1. The van der Waals surface area contributed by atoms with E-state index in [1.807, 2.05) is 0 Å². The van der Waals surface area contributed by atoms with Crippen LogP contribution < -0.4 is 0 Å². The predicted octanol–water partition coefficient (Wildman–Crippen LogP) is 8.73. The smallest absolute Gasteiger partial charge is 0.192 e. The van der Waals surface area contributed by atoms with Gasteiger partial charge in [-0.1, -0.05) is 64.5 Å². The van der Waals surface area contributed by atoms with Gasteiger partial charge in [-0.25, -0.2) is 0 Å². The molecule has 3 aliphatic rings. The highest BCUT2D eigenvalue weighted by atomic mass is 28.4. The molecule has 6 atom stereocenters. The average molecular weight is 531 g/mol. The van der Waals surface area contributed by atoms with Crippen LogP contribution in [0.4, 0.5) is 0 Å². The summed E-state index contributed by atoms with van der Waals surface area (Å²) in [4.78, 5) is 0. The molecule has 0 aromatic carbocycles. The van der Waals surface area contributed by atoms with Gasteiger partial charge in [-0.05, 0) is 125 Å². The van der Waals surface area contributed by atoms with Gasteiger partial charge in [0.1, 0.15) is 0 Å². The summed E-state index contributed by atoms with van der Waals surface area (Å²) in [6.07, 6.45) is 15.7. The zero-order valence-corrected chi connectivity index (χ0v) is 26.6. The third-order valence-corrected chi connectivity index (χ3v) is 15.4. The van der Waals surface area contributed by atoms with E-state index < -0.39 is 20.0 Å². The van der Waals surface area contributed by atoms with E-state index in [4.69, 9.17) is 4.43 Å². The van der Waals surface area contributed by atoms with Crippen molar-refractivity contribution < 1.29 is 14.6 Å². The van der Waals surface area contributed by atoms with Crippen molar-refractivity contribution in [2.24, 2.45) is 23.2 Å². The Morgan fingerprint density at radius 2 is 1.76 bits per heavy atom. The van der Waals surface area contributed by atoms with Crippen molar-refractivity contribution in [2.75, 3.05) is 0 Å². The Morgan fingerprint density at radius 3 is 2.38 bits per heavy atom. The minimum absolute atomic E-state index is 0.238. The molecule has 0 heterocycles. The molecule has 0 radical (unpaired) electrons. The van der Waals surface area contributed by atoms with Gasteiger partial charge in [0.15, 0.2) is 8.32 Å². The molecule has 3 rings (SSSR count). The van der Waals surface area contributed by atoms with E-state index in [2.05, 4.69) is 66.4 Å². The van der Waals surface area contributed by atoms with Crippen LogP contribution >= 0.6 is 0 Å². The molecule has 0 spiro atoms. The summed E-state index contributed by atoms with van der Waals surface area (Å²) in [5, 5.41) is 20.8. The van der Waals surface area contributed by atoms with Crippen molar-refractivity contribution in [1.29, 1.82) is 0 Å². The summed E-state index contributed by atoms with van der Waals surface area (Å²) in [6.45, 7) is 24.5. The number of hydrogen-bond acceptors (Lipinski definition) is 3. The molecule has 4 heteroatoms. The highest BCUT2D eigenvalue weighted by molar-refractivity contribution is 6.74. The fourth-order valence-electron chi connectivity index (χ4n) is 7.26. The first-order valence-electron chi connectivity index (χ1n) is 15.1. The summed E-state index contributed by atoms with van der Waals surface area (Å²) in [7, 11) is -1.77. The van der Waals surface area contributed by atoms with Crippen molar-refractivity contribution in [2.45, 2.75) is 149 Å². The monoisotopic (exact) mass is 530 g/mol. The first kappa shape index (κ1) is 30.9. The molecule has 0 unspecified atom stereocenters. The fraction of sp³-hybridized carbons (Fsp3) is 0.818. The molecule has 3 saturated carbocycles. The van der Waals surface area contributed by atoms with Gasteiger partial charge in [-0.15, -0.1) is 0 Å². The lowest BCUT2D eigenvalue weighted by molar-refractivity contribution is -0.0554. The Morgan fingerprint density at radius 1 is 1.08 bits per heavy atom. The third kappa shape index (κ3) is 7.10. The molecular formula is C33H58O3Si. The van der Waals surface area contributed by atoms with E-state index in [-0.39, 0.29) is 5.04 Å². The molecular weight excluding hydrogens is 472 g/mol. The van der Waals surface area contributed by atoms with E-state index in [9.17, 15) is 10.2 Å². The summed E-state index contributed by atoms with van der Waals surface area (Å²) in [6, 6.07) is 0. The Balaban J connectivity index is 1.70. The van der Waals surface area contributed by atoms with E-state index in [0.717, 1.165) is 25.7 Å². The van der Waals surface area contributed by atoms with E-state index in [0.29, 0.717) is 35.7 Å². The zero-order chi connectivity index (χ0) is 27.8. The van der Waals surface area contributed by atoms with Crippen LogP contribution in [0.3, 0.4) is 0 Å². The lowest BCUT2D eigenvalue weighted by Crippen LogP contribution is -2.44. The lowest BCUT2D eigenvalue weighted by atomic mass is 9.60. The molecule has 0 amide bonds. The summed E-state index contributed by atoms with van der Waals surface area (Å²) < 4.78 is 6.80. The Kier molecular flexibility index (Phi) is 9.53. The number of allylic oxidation sites excluding steroid dienone is 4. The SMILES string of the molecule is C=C1CC[C@H](O[Si](C)(C)C(C)(C)C)C/C1=C/C=C1\CCC[C@]2(C)[C@@H]([C@H](C)CC[C@@H](O)C(C)(C)O)CC[C@@H]12. The summed E-state index contributed by atoms with van der Waals surface area (Å²) >= 11 is 0. The van der Waals surface area contributed by atoms with Crippen LogP contribution in [-0.2, 0) is 4.43 Å². The largest absolute Gasteiger partial charge is 0.414 e. The highest BCUT2D eigenvalue weighted by Crippen LogP contribution is 2.60. The molecule has 0 aliphatic heterocycles. The molecule has 3 aliphatic carbocycles. The lowest BCUT2D eigenvalue weighted by Gasteiger charge is -2.44. The molecule has 3 fully saturated rings. The molecule has 0 saturated heterocycles. The van der Waals surface area contributed by atoms with Crippen molar-refractivity contribution in [1.82, 2.24) is 0 Å². The normalized spacial score (nSPS) is 33.6.